The maximum Gasteiger partial charge on any atom is 0.234 e. The van der Waals surface area contributed by atoms with Gasteiger partial charge in [-0.2, -0.15) is 0 Å². The second-order valence-electron chi connectivity index (χ2n) is 5.51. The standard InChI is InChI=1S/C14H29N3O2/c1-5-12-8-17(7-6-13(12)15-3)9-14(18)16-11(2)10-19-4/h11-13,15H,5-10H2,1-4H3,(H,16,18). The molecule has 2 N–H and O–H groups in total. The summed E-state index contributed by atoms with van der Waals surface area (Å²) < 4.78 is 5.02. The van der Waals surface area contributed by atoms with Crippen molar-refractivity contribution in [3.05, 3.63) is 0 Å². The number of methoxy groups -OCH3 is 1. The molecule has 5 nitrogen and oxygen atoms in total. The van der Waals surface area contributed by atoms with Crippen LogP contribution in [-0.4, -0.2) is 63.3 Å². The predicted molar refractivity (Wildman–Crippen MR) is 77.2 cm³/mol. The van der Waals surface area contributed by atoms with E-state index in [2.05, 4.69) is 22.5 Å². The summed E-state index contributed by atoms with van der Waals surface area (Å²) in [6.07, 6.45) is 2.28. The highest BCUT2D eigenvalue weighted by atomic mass is 16.5. The van der Waals surface area contributed by atoms with Crippen molar-refractivity contribution in [3.63, 3.8) is 0 Å². The monoisotopic (exact) mass is 271 g/mol. The smallest absolute Gasteiger partial charge is 0.234 e. The topological polar surface area (TPSA) is 53.6 Å². The highest BCUT2D eigenvalue weighted by Gasteiger charge is 2.27. The number of piperidine rings is 1. The minimum Gasteiger partial charge on any atom is -0.383 e. The van der Waals surface area contributed by atoms with Gasteiger partial charge in [0.2, 0.25) is 5.91 Å². The van der Waals surface area contributed by atoms with Crippen LogP contribution in [0.4, 0.5) is 0 Å². The first-order valence-electron chi connectivity index (χ1n) is 7.28. The molecule has 1 aliphatic rings. The Morgan fingerprint density at radius 1 is 1.53 bits per heavy atom. The Bertz CT molecular complexity index is 273. The van der Waals surface area contributed by atoms with Gasteiger partial charge in [0.15, 0.2) is 0 Å². The zero-order valence-corrected chi connectivity index (χ0v) is 12.7. The van der Waals surface area contributed by atoms with Crippen LogP contribution in [0.1, 0.15) is 26.7 Å². The van der Waals surface area contributed by atoms with Gasteiger partial charge in [0.1, 0.15) is 0 Å². The second-order valence-corrected chi connectivity index (χ2v) is 5.51. The third kappa shape index (κ3) is 5.47. The summed E-state index contributed by atoms with van der Waals surface area (Å²) in [5.41, 5.74) is 0. The molecule has 1 amide bonds. The van der Waals surface area contributed by atoms with Crippen LogP contribution in [0.15, 0.2) is 0 Å². The van der Waals surface area contributed by atoms with Gasteiger partial charge in [0.25, 0.3) is 0 Å². The van der Waals surface area contributed by atoms with E-state index in [1.54, 1.807) is 7.11 Å². The number of carbonyl (C=O) groups excluding carboxylic acids is 1. The zero-order valence-electron chi connectivity index (χ0n) is 12.7. The van der Waals surface area contributed by atoms with E-state index in [0.717, 1.165) is 25.9 Å². The molecular formula is C14H29N3O2. The number of hydrogen-bond donors (Lipinski definition) is 2. The van der Waals surface area contributed by atoms with Crippen molar-refractivity contribution in [2.45, 2.75) is 38.8 Å². The number of nitrogens with zero attached hydrogens (tertiary/aromatic N) is 1. The first kappa shape index (κ1) is 16.4. The lowest BCUT2D eigenvalue weighted by Gasteiger charge is -2.38. The van der Waals surface area contributed by atoms with Gasteiger partial charge in [0.05, 0.1) is 13.2 Å². The maximum atomic E-state index is 11.9. The molecule has 0 aliphatic carbocycles. The van der Waals surface area contributed by atoms with E-state index in [9.17, 15) is 4.79 Å². The van der Waals surface area contributed by atoms with Crippen LogP contribution in [0.3, 0.4) is 0 Å². The van der Waals surface area contributed by atoms with E-state index in [0.29, 0.717) is 25.1 Å². The fraction of sp³-hybridized carbons (Fsp3) is 0.929. The summed E-state index contributed by atoms with van der Waals surface area (Å²) in [4.78, 5) is 14.2. The Kier molecular flexibility index (Phi) is 7.34. The van der Waals surface area contributed by atoms with E-state index in [-0.39, 0.29) is 11.9 Å². The third-order valence-corrected chi connectivity index (χ3v) is 3.90. The molecule has 19 heavy (non-hydrogen) atoms. The van der Waals surface area contributed by atoms with Crippen LogP contribution < -0.4 is 10.6 Å². The average molecular weight is 271 g/mol. The van der Waals surface area contributed by atoms with Gasteiger partial charge >= 0.3 is 0 Å². The van der Waals surface area contributed by atoms with Gasteiger partial charge in [-0.25, -0.2) is 0 Å². The molecule has 0 saturated carbocycles. The van der Waals surface area contributed by atoms with E-state index in [1.807, 2.05) is 14.0 Å². The third-order valence-electron chi connectivity index (χ3n) is 3.90. The molecule has 0 aromatic heterocycles. The normalized spacial score (nSPS) is 26.1. The molecule has 0 spiro atoms. The number of rotatable bonds is 7. The summed E-state index contributed by atoms with van der Waals surface area (Å²) >= 11 is 0. The second kappa shape index (κ2) is 8.51. The number of carbonyl (C=O) groups is 1. The van der Waals surface area contributed by atoms with Crippen molar-refractivity contribution in [2.24, 2.45) is 5.92 Å². The molecule has 0 radical (unpaired) electrons. The SMILES string of the molecule is CCC1CN(CC(=O)NC(C)COC)CCC1NC. The summed E-state index contributed by atoms with van der Waals surface area (Å²) in [5, 5.41) is 6.35. The molecule has 1 fully saturated rings. The molecular weight excluding hydrogens is 242 g/mol. The molecule has 1 rings (SSSR count). The molecule has 0 aromatic carbocycles. The Morgan fingerprint density at radius 2 is 2.26 bits per heavy atom. The van der Waals surface area contributed by atoms with Gasteiger partial charge in [-0.05, 0) is 26.3 Å². The van der Waals surface area contributed by atoms with Crippen LogP contribution >= 0.6 is 0 Å². The fourth-order valence-corrected chi connectivity index (χ4v) is 2.86. The van der Waals surface area contributed by atoms with Gasteiger partial charge in [-0.3, -0.25) is 9.69 Å². The number of nitrogens with one attached hydrogen (secondary N) is 2. The van der Waals surface area contributed by atoms with Crippen LogP contribution in [0.5, 0.6) is 0 Å². The van der Waals surface area contributed by atoms with Crippen molar-refractivity contribution in [1.29, 1.82) is 0 Å². The predicted octanol–water partition coefficient (Wildman–Crippen LogP) is 0.457. The van der Waals surface area contributed by atoms with Crippen molar-refractivity contribution in [2.75, 3.05) is 40.4 Å². The number of likely N-dealkylation sites (tertiary alicyclic amines) is 1. The van der Waals surface area contributed by atoms with Crippen LogP contribution in [-0.2, 0) is 9.53 Å². The minimum atomic E-state index is 0.0781. The van der Waals surface area contributed by atoms with Crippen LogP contribution in [0.25, 0.3) is 0 Å². The molecule has 112 valence electrons. The van der Waals surface area contributed by atoms with Crippen molar-refractivity contribution < 1.29 is 9.53 Å². The van der Waals surface area contributed by atoms with Crippen molar-refractivity contribution in [3.8, 4) is 0 Å². The summed E-state index contributed by atoms with van der Waals surface area (Å²) in [6.45, 7) is 7.25. The number of ether oxygens (including phenoxy) is 1. The van der Waals surface area contributed by atoms with Crippen LogP contribution in [0.2, 0.25) is 0 Å². The lowest BCUT2D eigenvalue weighted by molar-refractivity contribution is -0.123. The molecule has 1 heterocycles. The lowest BCUT2D eigenvalue weighted by Crippen LogP contribution is -2.51. The summed E-state index contributed by atoms with van der Waals surface area (Å²) in [5.74, 6) is 0.741. The summed E-state index contributed by atoms with van der Waals surface area (Å²) in [7, 11) is 3.68. The Morgan fingerprint density at radius 3 is 2.84 bits per heavy atom. The molecule has 3 unspecified atom stereocenters. The van der Waals surface area contributed by atoms with Gasteiger partial charge in [-0.15, -0.1) is 0 Å². The van der Waals surface area contributed by atoms with Gasteiger partial charge < -0.3 is 15.4 Å². The first-order valence-corrected chi connectivity index (χ1v) is 7.28. The molecule has 5 heteroatoms. The number of amides is 1. The molecule has 0 aromatic rings. The van der Waals surface area contributed by atoms with Crippen molar-refractivity contribution >= 4 is 5.91 Å². The van der Waals surface area contributed by atoms with E-state index in [4.69, 9.17) is 4.74 Å². The van der Waals surface area contributed by atoms with Gasteiger partial charge in [-0.1, -0.05) is 13.3 Å². The van der Waals surface area contributed by atoms with E-state index < -0.39 is 0 Å². The van der Waals surface area contributed by atoms with E-state index in [1.165, 1.54) is 0 Å². The largest absolute Gasteiger partial charge is 0.383 e. The first-order chi connectivity index (χ1) is 9.10. The minimum absolute atomic E-state index is 0.0781. The quantitative estimate of drug-likeness (QED) is 0.706. The maximum absolute atomic E-state index is 11.9. The highest BCUT2D eigenvalue weighted by molar-refractivity contribution is 5.78. The summed E-state index contributed by atoms with van der Waals surface area (Å²) in [6, 6.07) is 0.672. The lowest BCUT2D eigenvalue weighted by atomic mass is 9.90. The molecule has 1 aliphatic heterocycles. The molecule has 3 atom stereocenters. The fourth-order valence-electron chi connectivity index (χ4n) is 2.86. The van der Waals surface area contributed by atoms with Crippen molar-refractivity contribution in [1.82, 2.24) is 15.5 Å². The Balaban J connectivity index is 2.35. The molecule has 0 bridgehead atoms. The zero-order chi connectivity index (χ0) is 14.3. The number of hydrogen-bond acceptors (Lipinski definition) is 4. The Hall–Kier alpha value is -0.650. The van der Waals surface area contributed by atoms with Crippen LogP contribution in [0, 0.1) is 5.92 Å². The average Bonchev–Trinajstić information content (AvgIpc) is 2.38. The van der Waals surface area contributed by atoms with E-state index >= 15 is 0 Å². The Labute approximate surface area is 117 Å². The molecule has 1 saturated heterocycles. The van der Waals surface area contributed by atoms with Gasteiger partial charge in [0, 0.05) is 32.3 Å². The highest BCUT2D eigenvalue weighted by Crippen LogP contribution is 2.19.